The fourth-order valence-corrected chi connectivity index (χ4v) is 3.04. The number of halogens is 1. The van der Waals surface area contributed by atoms with Gasteiger partial charge in [-0.15, -0.1) is 11.3 Å². The monoisotopic (exact) mass is 399 g/mol. The van der Waals surface area contributed by atoms with Gasteiger partial charge in [-0.3, -0.25) is 25.2 Å². The van der Waals surface area contributed by atoms with Crippen molar-refractivity contribution in [1.29, 1.82) is 0 Å². The summed E-state index contributed by atoms with van der Waals surface area (Å²) in [7, 11) is 0. The first-order valence-electron chi connectivity index (χ1n) is 7.84. The summed E-state index contributed by atoms with van der Waals surface area (Å²) in [5.41, 5.74) is 5.73. The number of hydrazine groups is 1. The Morgan fingerprint density at radius 2 is 1.44 bits per heavy atom. The zero-order chi connectivity index (χ0) is 19.2. The van der Waals surface area contributed by atoms with Gasteiger partial charge in [0.25, 0.3) is 17.7 Å². The highest BCUT2D eigenvalue weighted by molar-refractivity contribution is 7.12. The molecule has 0 aliphatic rings. The molecular formula is C19H14ClN3O3S. The van der Waals surface area contributed by atoms with E-state index < -0.39 is 11.8 Å². The Morgan fingerprint density at radius 3 is 2.07 bits per heavy atom. The van der Waals surface area contributed by atoms with E-state index in [1.165, 1.54) is 23.5 Å². The lowest BCUT2D eigenvalue weighted by Crippen LogP contribution is -2.41. The molecule has 0 atom stereocenters. The molecule has 0 bridgehead atoms. The molecule has 0 radical (unpaired) electrons. The standard InChI is InChI=1S/C19H14ClN3O3S/c20-14-6-1-4-12(10-14)17(24)22-23-18(25)13-5-2-7-15(11-13)21-19(26)16-8-3-9-27-16/h1-11H,(H,21,26)(H,22,24)(H,23,25). The predicted molar refractivity (Wildman–Crippen MR) is 105 cm³/mol. The number of anilines is 1. The molecule has 0 spiro atoms. The van der Waals surface area contributed by atoms with Crippen molar-refractivity contribution in [1.82, 2.24) is 10.9 Å². The van der Waals surface area contributed by atoms with E-state index in [4.69, 9.17) is 11.6 Å². The maximum Gasteiger partial charge on any atom is 0.269 e. The van der Waals surface area contributed by atoms with Gasteiger partial charge in [-0.25, -0.2) is 0 Å². The third-order valence-electron chi connectivity index (χ3n) is 3.50. The summed E-state index contributed by atoms with van der Waals surface area (Å²) in [6.45, 7) is 0. The molecule has 1 heterocycles. The number of hydrogen-bond donors (Lipinski definition) is 3. The number of rotatable bonds is 4. The Labute approximate surface area is 164 Å². The molecule has 0 saturated carbocycles. The minimum Gasteiger partial charge on any atom is -0.321 e. The lowest BCUT2D eigenvalue weighted by molar-refractivity contribution is 0.0846. The summed E-state index contributed by atoms with van der Waals surface area (Å²) < 4.78 is 0. The van der Waals surface area contributed by atoms with Crippen LogP contribution in [0.3, 0.4) is 0 Å². The highest BCUT2D eigenvalue weighted by Gasteiger charge is 2.11. The molecule has 1 aromatic heterocycles. The van der Waals surface area contributed by atoms with Crippen LogP contribution in [0.4, 0.5) is 5.69 Å². The Hall–Kier alpha value is -3.16. The molecule has 136 valence electrons. The molecule has 2 aromatic carbocycles. The van der Waals surface area contributed by atoms with Crippen LogP contribution < -0.4 is 16.2 Å². The van der Waals surface area contributed by atoms with Gasteiger partial charge in [0.2, 0.25) is 0 Å². The smallest absolute Gasteiger partial charge is 0.269 e. The van der Waals surface area contributed by atoms with E-state index in [2.05, 4.69) is 16.2 Å². The average molecular weight is 400 g/mol. The quantitative estimate of drug-likeness (QED) is 0.584. The summed E-state index contributed by atoms with van der Waals surface area (Å²) >= 11 is 7.17. The van der Waals surface area contributed by atoms with Gasteiger partial charge in [0, 0.05) is 21.8 Å². The topological polar surface area (TPSA) is 87.3 Å². The molecular weight excluding hydrogens is 386 g/mol. The highest BCUT2D eigenvalue weighted by atomic mass is 35.5. The number of amides is 3. The van der Waals surface area contributed by atoms with E-state index in [1.807, 2.05) is 0 Å². The summed E-state index contributed by atoms with van der Waals surface area (Å²) in [5.74, 6) is -1.26. The number of nitrogens with one attached hydrogen (secondary N) is 3. The van der Waals surface area contributed by atoms with Gasteiger partial charge < -0.3 is 5.32 Å². The lowest BCUT2D eigenvalue weighted by Gasteiger charge is -2.09. The van der Waals surface area contributed by atoms with Crippen LogP contribution in [0.5, 0.6) is 0 Å². The first-order valence-corrected chi connectivity index (χ1v) is 9.10. The van der Waals surface area contributed by atoms with E-state index in [0.717, 1.165) is 0 Å². The van der Waals surface area contributed by atoms with Crippen molar-refractivity contribution in [2.24, 2.45) is 0 Å². The zero-order valence-corrected chi connectivity index (χ0v) is 15.4. The van der Waals surface area contributed by atoms with Gasteiger partial charge in [0.1, 0.15) is 0 Å². The predicted octanol–water partition coefficient (Wildman–Crippen LogP) is 3.73. The molecule has 3 aromatic rings. The fraction of sp³-hybridized carbons (Fsp3) is 0. The SMILES string of the molecule is O=C(NNC(=O)c1cccc(NC(=O)c2cccs2)c1)c1cccc(Cl)c1. The van der Waals surface area contributed by atoms with Crippen LogP contribution >= 0.6 is 22.9 Å². The van der Waals surface area contributed by atoms with Crippen molar-refractivity contribution in [3.8, 4) is 0 Å². The zero-order valence-electron chi connectivity index (χ0n) is 13.9. The lowest BCUT2D eigenvalue weighted by atomic mass is 10.2. The molecule has 6 nitrogen and oxygen atoms in total. The molecule has 3 rings (SSSR count). The van der Waals surface area contributed by atoms with Crippen molar-refractivity contribution in [3.63, 3.8) is 0 Å². The second kappa shape index (κ2) is 8.48. The Kier molecular flexibility index (Phi) is 5.85. The van der Waals surface area contributed by atoms with Crippen molar-refractivity contribution < 1.29 is 14.4 Å². The summed E-state index contributed by atoms with van der Waals surface area (Å²) in [6.07, 6.45) is 0. The Bertz CT molecular complexity index is 989. The van der Waals surface area contributed by atoms with E-state index in [9.17, 15) is 14.4 Å². The summed E-state index contributed by atoms with van der Waals surface area (Å²) in [6, 6.07) is 16.2. The molecule has 0 unspecified atom stereocenters. The van der Waals surface area contributed by atoms with Crippen molar-refractivity contribution in [2.45, 2.75) is 0 Å². The number of carbonyl (C=O) groups is 3. The van der Waals surface area contributed by atoms with Gasteiger partial charge in [-0.2, -0.15) is 0 Å². The van der Waals surface area contributed by atoms with E-state index in [0.29, 0.717) is 21.2 Å². The van der Waals surface area contributed by atoms with Crippen LogP contribution in [-0.4, -0.2) is 17.7 Å². The second-order valence-electron chi connectivity index (χ2n) is 5.43. The van der Waals surface area contributed by atoms with Crippen LogP contribution in [0.2, 0.25) is 5.02 Å². The van der Waals surface area contributed by atoms with Gasteiger partial charge in [-0.05, 0) is 47.8 Å². The maximum atomic E-state index is 12.3. The molecule has 3 N–H and O–H groups in total. The molecule has 27 heavy (non-hydrogen) atoms. The fourth-order valence-electron chi connectivity index (χ4n) is 2.23. The van der Waals surface area contributed by atoms with E-state index >= 15 is 0 Å². The van der Waals surface area contributed by atoms with Crippen LogP contribution in [0.1, 0.15) is 30.4 Å². The van der Waals surface area contributed by atoms with Crippen LogP contribution in [0.25, 0.3) is 0 Å². The van der Waals surface area contributed by atoms with Gasteiger partial charge in [-0.1, -0.05) is 29.8 Å². The molecule has 0 aliphatic carbocycles. The molecule has 8 heteroatoms. The number of carbonyl (C=O) groups excluding carboxylic acids is 3. The van der Waals surface area contributed by atoms with E-state index in [-0.39, 0.29) is 11.5 Å². The van der Waals surface area contributed by atoms with Gasteiger partial charge in [0.15, 0.2) is 0 Å². The number of thiophene rings is 1. The van der Waals surface area contributed by atoms with E-state index in [1.54, 1.807) is 53.9 Å². The largest absolute Gasteiger partial charge is 0.321 e. The number of hydrogen-bond acceptors (Lipinski definition) is 4. The van der Waals surface area contributed by atoms with Crippen molar-refractivity contribution in [2.75, 3.05) is 5.32 Å². The minimum absolute atomic E-state index is 0.253. The average Bonchev–Trinajstić information content (AvgIpc) is 3.21. The molecule has 0 saturated heterocycles. The number of benzene rings is 2. The minimum atomic E-state index is -0.516. The normalized spacial score (nSPS) is 10.1. The van der Waals surface area contributed by atoms with Gasteiger partial charge >= 0.3 is 0 Å². The van der Waals surface area contributed by atoms with Crippen molar-refractivity contribution in [3.05, 3.63) is 87.1 Å². The summed E-state index contributed by atoms with van der Waals surface area (Å²) in [4.78, 5) is 36.9. The molecule has 0 aliphatic heterocycles. The molecule has 0 fully saturated rings. The third-order valence-corrected chi connectivity index (χ3v) is 4.61. The van der Waals surface area contributed by atoms with Crippen molar-refractivity contribution >= 4 is 46.3 Å². The maximum absolute atomic E-state index is 12.3. The van der Waals surface area contributed by atoms with Crippen LogP contribution in [0, 0.1) is 0 Å². The third kappa shape index (κ3) is 4.93. The molecule has 3 amide bonds. The first kappa shape index (κ1) is 18.6. The second-order valence-corrected chi connectivity index (χ2v) is 6.81. The Morgan fingerprint density at radius 1 is 0.778 bits per heavy atom. The Balaban J connectivity index is 1.61. The van der Waals surface area contributed by atoms with Crippen LogP contribution in [-0.2, 0) is 0 Å². The first-order chi connectivity index (χ1) is 13.0. The van der Waals surface area contributed by atoms with Crippen LogP contribution in [0.15, 0.2) is 66.0 Å². The summed E-state index contributed by atoms with van der Waals surface area (Å²) in [5, 5.41) is 4.95. The van der Waals surface area contributed by atoms with Gasteiger partial charge in [0.05, 0.1) is 4.88 Å². The highest BCUT2D eigenvalue weighted by Crippen LogP contribution is 2.15.